The molecule has 1 saturated carbocycles. The third-order valence-corrected chi connectivity index (χ3v) is 4.72. The van der Waals surface area contributed by atoms with Gasteiger partial charge in [0.1, 0.15) is 0 Å². The van der Waals surface area contributed by atoms with Gasteiger partial charge in [0.25, 0.3) is 0 Å². The van der Waals surface area contributed by atoms with Crippen molar-refractivity contribution in [2.75, 3.05) is 20.7 Å². The van der Waals surface area contributed by atoms with E-state index in [2.05, 4.69) is 14.0 Å². The van der Waals surface area contributed by atoms with Crippen LogP contribution < -0.4 is 4.90 Å². The number of rotatable bonds is 1. The minimum absolute atomic E-state index is 0.0804. The summed E-state index contributed by atoms with van der Waals surface area (Å²) in [5, 5.41) is 9.98. The van der Waals surface area contributed by atoms with E-state index in [4.69, 9.17) is 4.74 Å². The van der Waals surface area contributed by atoms with E-state index < -0.39 is 0 Å². The standard InChI is InChI=1S/C12H23NO2/c1-8-10-7-11(14)12(15-3)6-9(10)4-5-13(8)2/h8-12,14H,4-7H2,1-3H3/p+1. The Hall–Kier alpha value is -0.120. The van der Waals surface area contributed by atoms with Crippen molar-refractivity contribution in [3.8, 4) is 0 Å². The molecule has 2 aliphatic rings. The highest BCUT2D eigenvalue weighted by Crippen LogP contribution is 2.36. The molecule has 6 unspecified atom stereocenters. The molecular formula is C12H24NO2+. The Kier molecular flexibility index (Phi) is 3.33. The molecule has 0 bridgehead atoms. The van der Waals surface area contributed by atoms with Gasteiger partial charge in [-0.15, -0.1) is 0 Å². The molecule has 88 valence electrons. The molecule has 1 aliphatic carbocycles. The van der Waals surface area contributed by atoms with Crippen LogP contribution in [-0.2, 0) is 4.74 Å². The Bertz CT molecular complexity index is 222. The average Bonchev–Trinajstić information content (AvgIpc) is 2.24. The van der Waals surface area contributed by atoms with E-state index in [1.54, 1.807) is 12.0 Å². The minimum atomic E-state index is -0.246. The number of quaternary nitrogens is 1. The zero-order valence-corrected chi connectivity index (χ0v) is 10.1. The van der Waals surface area contributed by atoms with Crippen LogP contribution in [0.2, 0.25) is 0 Å². The van der Waals surface area contributed by atoms with Gasteiger partial charge in [0.2, 0.25) is 0 Å². The van der Waals surface area contributed by atoms with E-state index in [0.717, 1.165) is 18.8 Å². The molecule has 0 radical (unpaired) electrons. The van der Waals surface area contributed by atoms with Crippen LogP contribution >= 0.6 is 0 Å². The summed E-state index contributed by atoms with van der Waals surface area (Å²) < 4.78 is 5.36. The maximum absolute atomic E-state index is 9.98. The van der Waals surface area contributed by atoms with Crippen LogP contribution in [-0.4, -0.2) is 44.1 Å². The molecule has 0 amide bonds. The third kappa shape index (κ3) is 2.05. The zero-order valence-electron chi connectivity index (χ0n) is 10.1. The number of nitrogens with one attached hydrogen (secondary N) is 1. The highest BCUT2D eigenvalue weighted by Gasteiger charge is 2.44. The van der Waals surface area contributed by atoms with Crippen molar-refractivity contribution in [1.29, 1.82) is 0 Å². The van der Waals surface area contributed by atoms with Crippen LogP contribution in [0.5, 0.6) is 0 Å². The smallest absolute Gasteiger partial charge is 0.0876 e. The van der Waals surface area contributed by atoms with Gasteiger partial charge < -0.3 is 14.7 Å². The number of likely N-dealkylation sites (tertiary alicyclic amines) is 1. The second-order valence-electron chi connectivity index (χ2n) is 5.41. The zero-order chi connectivity index (χ0) is 11.0. The summed E-state index contributed by atoms with van der Waals surface area (Å²) in [5.74, 6) is 1.47. The number of aliphatic hydroxyl groups is 1. The van der Waals surface area contributed by atoms with E-state index in [0.29, 0.717) is 12.0 Å². The topological polar surface area (TPSA) is 33.9 Å². The molecule has 1 heterocycles. The molecule has 6 atom stereocenters. The first-order valence-corrected chi connectivity index (χ1v) is 6.16. The molecule has 0 aromatic carbocycles. The fourth-order valence-corrected chi connectivity index (χ4v) is 3.46. The molecule has 1 aliphatic heterocycles. The predicted octanol–water partition coefficient (Wildman–Crippen LogP) is -0.305. The van der Waals surface area contributed by atoms with Crippen molar-refractivity contribution in [2.24, 2.45) is 11.8 Å². The number of fused-ring (bicyclic) bond motifs is 1. The van der Waals surface area contributed by atoms with E-state index in [1.807, 2.05) is 0 Å². The number of ether oxygens (including phenoxy) is 1. The van der Waals surface area contributed by atoms with Crippen molar-refractivity contribution in [1.82, 2.24) is 0 Å². The maximum atomic E-state index is 9.98. The number of methoxy groups -OCH3 is 1. The predicted molar refractivity (Wildman–Crippen MR) is 58.9 cm³/mol. The SMILES string of the molecule is COC1CC2CC[NH+](C)C(C)C2CC1O. The number of hydrogen-bond donors (Lipinski definition) is 2. The summed E-state index contributed by atoms with van der Waals surface area (Å²) in [7, 11) is 3.99. The van der Waals surface area contributed by atoms with Crippen molar-refractivity contribution < 1.29 is 14.7 Å². The van der Waals surface area contributed by atoms with Crippen molar-refractivity contribution in [3.63, 3.8) is 0 Å². The molecule has 0 aromatic heterocycles. The first-order chi connectivity index (χ1) is 7.13. The highest BCUT2D eigenvalue weighted by atomic mass is 16.5. The molecular weight excluding hydrogens is 190 g/mol. The molecule has 15 heavy (non-hydrogen) atoms. The van der Waals surface area contributed by atoms with Gasteiger partial charge in [-0.25, -0.2) is 0 Å². The first-order valence-electron chi connectivity index (χ1n) is 6.16. The van der Waals surface area contributed by atoms with Gasteiger partial charge in [0.15, 0.2) is 0 Å². The second kappa shape index (κ2) is 4.40. The molecule has 0 aromatic rings. The Morgan fingerprint density at radius 1 is 1.33 bits per heavy atom. The van der Waals surface area contributed by atoms with Crippen LogP contribution in [0.1, 0.15) is 26.2 Å². The van der Waals surface area contributed by atoms with Gasteiger partial charge in [-0.05, 0) is 32.1 Å². The van der Waals surface area contributed by atoms with Gasteiger partial charge >= 0.3 is 0 Å². The Morgan fingerprint density at radius 2 is 2.07 bits per heavy atom. The van der Waals surface area contributed by atoms with Gasteiger partial charge in [-0.3, -0.25) is 0 Å². The summed E-state index contributed by atoms with van der Waals surface area (Å²) >= 11 is 0. The quantitative estimate of drug-likeness (QED) is 0.628. The maximum Gasteiger partial charge on any atom is 0.0876 e. The summed E-state index contributed by atoms with van der Waals surface area (Å²) in [6.45, 7) is 3.60. The lowest BCUT2D eigenvalue weighted by Crippen LogP contribution is -3.14. The molecule has 2 rings (SSSR count). The van der Waals surface area contributed by atoms with Crippen LogP contribution in [0.15, 0.2) is 0 Å². The van der Waals surface area contributed by atoms with E-state index in [9.17, 15) is 5.11 Å². The first kappa shape index (κ1) is 11.4. The summed E-state index contributed by atoms with van der Waals surface area (Å²) in [5.41, 5.74) is 0. The van der Waals surface area contributed by atoms with Crippen LogP contribution in [0.4, 0.5) is 0 Å². The lowest BCUT2D eigenvalue weighted by molar-refractivity contribution is -0.915. The van der Waals surface area contributed by atoms with Crippen LogP contribution in [0.25, 0.3) is 0 Å². The highest BCUT2D eigenvalue weighted by molar-refractivity contribution is 4.89. The Morgan fingerprint density at radius 3 is 2.73 bits per heavy atom. The van der Waals surface area contributed by atoms with Crippen LogP contribution in [0, 0.1) is 11.8 Å². The Balaban J connectivity index is 2.05. The fourth-order valence-electron chi connectivity index (χ4n) is 3.46. The van der Waals surface area contributed by atoms with E-state index >= 15 is 0 Å². The van der Waals surface area contributed by atoms with E-state index in [1.165, 1.54) is 13.0 Å². The molecule has 1 saturated heterocycles. The average molecular weight is 214 g/mol. The lowest BCUT2D eigenvalue weighted by Gasteiger charge is -2.46. The number of piperidine rings is 1. The Labute approximate surface area is 92.4 Å². The molecule has 0 spiro atoms. The van der Waals surface area contributed by atoms with E-state index in [-0.39, 0.29) is 12.2 Å². The van der Waals surface area contributed by atoms with Crippen molar-refractivity contribution >= 4 is 0 Å². The summed E-state index contributed by atoms with van der Waals surface area (Å²) in [4.78, 5) is 1.62. The molecule has 2 fully saturated rings. The molecule has 3 heteroatoms. The second-order valence-corrected chi connectivity index (χ2v) is 5.41. The van der Waals surface area contributed by atoms with Gasteiger partial charge in [-0.2, -0.15) is 0 Å². The van der Waals surface area contributed by atoms with Gasteiger partial charge in [0, 0.05) is 13.0 Å². The number of hydrogen-bond acceptors (Lipinski definition) is 2. The largest absolute Gasteiger partial charge is 0.390 e. The summed E-state index contributed by atoms with van der Waals surface area (Å²) in [6.07, 6.45) is 3.12. The molecule has 3 nitrogen and oxygen atoms in total. The van der Waals surface area contributed by atoms with Crippen molar-refractivity contribution in [2.45, 2.75) is 44.4 Å². The van der Waals surface area contributed by atoms with Crippen molar-refractivity contribution in [3.05, 3.63) is 0 Å². The van der Waals surface area contributed by atoms with Crippen LogP contribution in [0.3, 0.4) is 0 Å². The fraction of sp³-hybridized carbons (Fsp3) is 1.00. The number of aliphatic hydroxyl groups excluding tert-OH is 1. The normalized spacial score (nSPS) is 51.2. The van der Waals surface area contributed by atoms with Gasteiger partial charge in [-0.1, -0.05) is 0 Å². The molecule has 2 N–H and O–H groups in total. The summed E-state index contributed by atoms with van der Waals surface area (Å²) in [6, 6.07) is 0.691. The minimum Gasteiger partial charge on any atom is -0.390 e. The third-order valence-electron chi connectivity index (χ3n) is 4.72. The monoisotopic (exact) mass is 214 g/mol. The van der Waals surface area contributed by atoms with Gasteiger partial charge in [0.05, 0.1) is 31.8 Å². The lowest BCUT2D eigenvalue weighted by atomic mass is 9.69.